The van der Waals surface area contributed by atoms with Gasteiger partial charge in [-0.3, -0.25) is 0 Å². The Morgan fingerprint density at radius 2 is 1.07 bits per heavy atom. The monoisotopic (exact) mass is 478 g/mol. The third-order valence-electron chi connectivity index (χ3n) is 3.32. The van der Waals surface area contributed by atoms with Crippen LogP contribution in [0.25, 0.3) is 0 Å². The molecule has 0 N–H and O–H groups in total. The quantitative estimate of drug-likeness (QED) is 0.203. The molecule has 2 aromatic rings. The second-order valence-electron chi connectivity index (χ2n) is 7.21. The van der Waals surface area contributed by atoms with E-state index < -0.39 is 16.6 Å². The summed E-state index contributed by atoms with van der Waals surface area (Å²) in [5.41, 5.74) is 1.86. The number of rotatable bonds is 10. The van der Waals surface area contributed by atoms with Gasteiger partial charge in [-0.1, -0.05) is 23.5 Å². The Kier molecular flexibility index (Phi) is 9.04. The predicted octanol–water partition coefficient (Wildman–Crippen LogP) is 5.13. The van der Waals surface area contributed by atoms with Crippen LogP contribution in [0, 0.1) is 0 Å². The molecule has 148 valence electrons. The van der Waals surface area contributed by atoms with E-state index >= 15 is 0 Å². The smallest absolute Gasteiger partial charge is 0.187 e. The molecule has 2 rings (SSSR count). The lowest BCUT2D eigenvalue weighted by Gasteiger charge is -2.33. The van der Waals surface area contributed by atoms with Gasteiger partial charge in [-0.15, -0.1) is 23.2 Å². The Morgan fingerprint density at radius 1 is 0.741 bits per heavy atom. The van der Waals surface area contributed by atoms with Crippen LogP contribution < -0.4 is 0 Å². The largest absolute Gasteiger partial charge is 0.454 e. The average molecular weight is 480 g/mol. The maximum atomic E-state index is 6.64. The number of nitrogens with zero attached hydrogens (tertiary/aromatic N) is 4. The van der Waals surface area contributed by atoms with Gasteiger partial charge < -0.3 is 4.12 Å². The number of hydrogen-bond donors (Lipinski definition) is 0. The maximum absolute atomic E-state index is 6.64. The van der Waals surface area contributed by atoms with Crippen molar-refractivity contribution >= 4 is 63.4 Å². The number of halogens is 2. The van der Waals surface area contributed by atoms with E-state index in [1.54, 1.807) is 48.3 Å². The fraction of sp³-hybridized carbons (Fsp3) is 0.500. The summed E-state index contributed by atoms with van der Waals surface area (Å²) in [5, 5.41) is 3.37. The van der Waals surface area contributed by atoms with Gasteiger partial charge in [0.25, 0.3) is 0 Å². The molecule has 0 aliphatic carbocycles. The third kappa shape index (κ3) is 8.39. The first kappa shape index (κ1) is 23.1. The lowest BCUT2D eigenvalue weighted by atomic mass is 10.4. The summed E-state index contributed by atoms with van der Waals surface area (Å²) < 4.78 is 6.64. The van der Waals surface area contributed by atoms with E-state index in [2.05, 4.69) is 46.1 Å². The first-order valence-corrected chi connectivity index (χ1v) is 17.7. The van der Waals surface area contributed by atoms with Gasteiger partial charge >= 0.3 is 0 Å². The van der Waals surface area contributed by atoms with Gasteiger partial charge in [-0.05, 0) is 26.2 Å². The molecule has 11 heteroatoms. The van der Waals surface area contributed by atoms with Crippen LogP contribution in [0.1, 0.15) is 11.1 Å². The van der Waals surface area contributed by atoms with Crippen molar-refractivity contribution in [3.8, 4) is 0 Å². The molecular formula is C16H24Cl2N4OS2Si2. The topological polar surface area (TPSA) is 60.8 Å². The minimum Gasteiger partial charge on any atom is -0.454 e. The van der Waals surface area contributed by atoms with Crippen LogP contribution in [0.3, 0.4) is 0 Å². The molecule has 2 aromatic heterocycles. The molecule has 0 atom stereocenters. The van der Waals surface area contributed by atoms with Gasteiger partial charge in [0.15, 0.2) is 26.9 Å². The second-order valence-corrected chi connectivity index (χ2v) is 19.2. The Morgan fingerprint density at radius 3 is 1.37 bits per heavy atom. The summed E-state index contributed by atoms with van der Waals surface area (Å²) in [6, 6.07) is 0. The molecule has 0 aromatic carbocycles. The molecule has 0 aliphatic rings. The zero-order chi connectivity index (χ0) is 19.9. The Labute approximate surface area is 181 Å². The van der Waals surface area contributed by atoms with Crippen LogP contribution in [0.5, 0.6) is 0 Å². The Bertz CT molecular complexity index is 660. The molecule has 0 aliphatic heterocycles. The summed E-state index contributed by atoms with van der Waals surface area (Å²) >= 11 is 14.9. The highest BCUT2D eigenvalue weighted by atomic mass is 35.5. The van der Waals surface area contributed by atoms with Crippen molar-refractivity contribution < 1.29 is 4.12 Å². The van der Waals surface area contributed by atoms with Crippen molar-refractivity contribution in [3.05, 3.63) is 35.9 Å². The summed E-state index contributed by atoms with van der Waals surface area (Å²) in [5.74, 6) is 0.869. The summed E-state index contributed by atoms with van der Waals surface area (Å²) in [7, 11) is -3.70. The van der Waals surface area contributed by atoms with E-state index in [4.69, 9.17) is 27.3 Å². The van der Waals surface area contributed by atoms with E-state index in [1.807, 2.05) is 0 Å². The Hall–Kier alpha value is -0.166. The van der Waals surface area contributed by atoms with E-state index in [1.165, 1.54) is 0 Å². The number of aromatic nitrogens is 4. The van der Waals surface area contributed by atoms with Crippen molar-refractivity contribution in [1.29, 1.82) is 0 Å². The van der Waals surface area contributed by atoms with Gasteiger partial charge in [-0.2, -0.15) is 0 Å². The van der Waals surface area contributed by atoms with E-state index in [9.17, 15) is 0 Å². The van der Waals surface area contributed by atoms with Gasteiger partial charge in [0, 0.05) is 46.7 Å². The van der Waals surface area contributed by atoms with Crippen molar-refractivity contribution in [1.82, 2.24) is 19.9 Å². The molecule has 0 saturated heterocycles. The van der Waals surface area contributed by atoms with Gasteiger partial charge in [-0.25, -0.2) is 19.9 Å². The zero-order valence-corrected chi connectivity index (χ0v) is 21.1. The van der Waals surface area contributed by atoms with Gasteiger partial charge in [0.2, 0.25) is 0 Å². The summed E-state index contributed by atoms with van der Waals surface area (Å²) in [6.07, 6.45) is 7.12. The van der Waals surface area contributed by atoms with Crippen LogP contribution in [0.2, 0.25) is 26.2 Å². The zero-order valence-electron chi connectivity index (χ0n) is 15.9. The van der Waals surface area contributed by atoms with Crippen LogP contribution >= 0.6 is 46.7 Å². The van der Waals surface area contributed by atoms with Crippen molar-refractivity contribution in [2.24, 2.45) is 0 Å². The Balaban J connectivity index is 1.85. The standard InChI is InChI=1S/C16H24Cl2N4OS2Si2/c1-26(2,11-24-15-19-7-13(5-17)8-20-15)23-27(3,4)12-25-16-21-9-14(6-18)10-22-16/h7-10H,5-6,11-12H2,1-4H3. The van der Waals surface area contributed by atoms with E-state index in [0.717, 1.165) is 32.2 Å². The highest BCUT2D eigenvalue weighted by Crippen LogP contribution is 2.26. The maximum Gasteiger partial charge on any atom is 0.187 e. The van der Waals surface area contributed by atoms with Gasteiger partial charge in [0.1, 0.15) is 0 Å². The fourth-order valence-electron chi connectivity index (χ4n) is 2.26. The summed E-state index contributed by atoms with van der Waals surface area (Å²) in [4.78, 5) is 17.4. The van der Waals surface area contributed by atoms with Crippen LogP contribution in [-0.4, -0.2) is 47.3 Å². The lowest BCUT2D eigenvalue weighted by molar-refractivity contribution is 0.556. The molecule has 2 heterocycles. The molecule has 0 amide bonds. The average Bonchev–Trinajstić information content (AvgIpc) is 2.65. The summed E-state index contributed by atoms with van der Waals surface area (Å²) in [6.45, 7) is 8.99. The normalized spacial score (nSPS) is 12.4. The van der Waals surface area contributed by atoms with E-state index in [-0.39, 0.29) is 0 Å². The molecule has 0 saturated carbocycles. The minimum absolute atomic E-state index is 0.435. The number of thioether (sulfide) groups is 2. The van der Waals surface area contributed by atoms with Crippen LogP contribution in [0.15, 0.2) is 35.1 Å². The second kappa shape index (κ2) is 10.6. The minimum atomic E-state index is -1.85. The van der Waals surface area contributed by atoms with Crippen molar-refractivity contribution in [2.45, 2.75) is 48.3 Å². The van der Waals surface area contributed by atoms with Crippen molar-refractivity contribution in [3.63, 3.8) is 0 Å². The van der Waals surface area contributed by atoms with E-state index in [0.29, 0.717) is 11.8 Å². The fourth-order valence-corrected chi connectivity index (χ4v) is 14.4. The predicted molar refractivity (Wildman–Crippen MR) is 121 cm³/mol. The molecule has 27 heavy (non-hydrogen) atoms. The molecule has 0 unspecified atom stereocenters. The van der Waals surface area contributed by atoms with Crippen molar-refractivity contribution in [2.75, 3.05) is 10.8 Å². The molecule has 0 bridgehead atoms. The van der Waals surface area contributed by atoms with Crippen LogP contribution in [-0.2, 0) is 15.9 Å². The molecule has 5 nitrogen and oxygen atoms in total. The molecule has 0 fully saturated rings. The SMILES string of the molecule is C[Si](C)(CSc1ncc(CCl)cn1)O[Si](C)(C)CSc1ncc(CCl)cn1. The highest BCUT2D eigenvalue weighted by Gasteiger charge is 2.33. The number of alkyl halides is 2. The number of hydrogen-bond acceptors (Lipinski definition) is 7. The first-order chi connectivity index (χ1) is 12.7. The third-order valence-corrected chi connectivity index (χ3v) is 16.0. The molecule has 0 spiro atoms. The van der Waals surface area contributed by atoms with Crippen LogP contribution in [0.4, 0.5) is 0 Å². The first-order valence-electron chi connectivity index (χ1n) is 8.42. The molecule has 0 radical (unpaired) electrons. The van der Waals surface area contributed by atoms with Gasteiger partial charge in [0.05, 0.1) is 11.8 Å². The highest BCUT2D eigenvalue weighted by molar-refractivity contribution is 8.01. The lowest BCUT2D eigenvalue weighted by Crippen LogP contribution is -2.48. The molecular weight excluding hydrogens is 455 g/mol.